The van der Waals surface area contributed by atoms with Crippen LogP contribution in [0.1, 0.15) is 29.6 Å². The fraction of sp³-hybridized carbons (Fsp3) is 0.583. The molecule has 1 saturated heterocycles. The molecule has 1 aliphatic heterocycles. The Morgan fingerprint density at radius 2 is 2.06 bits per heavy atom. The minimum absolute atomic E-state index is 0.103. The average molecular weight is 269 g/mol. The van der Waals surface area contributed by atoms with Gasteiger partial charge in [-0.25, -0.2) is 8.42 Å². The van der Waals surface area contributed by atoms with Crippen LogP contribution in [0.15, 0.2) is 23.0 Å². The topological polar surface area (TPSA) is 67.6 Å². The third-order valence-corrected chi connectivity index (χ3v) is 5.30. The molecular formula is C12H15NO4S. The summed E-state index contributed by atoms with van der Waals surface area (Å²) in [6.07, 6.45) is 5.38. The summed E-state index contributed by atoms with van der Waals surface area (Å²) >= 11 is 0. The predicted octanol–water partition coefficient (Wildman–Crippen LogP) is 1.07. The Hall–Kier alpha value is -1.30. The van der Waals surface area contributed by atoms with E-state index in [2.05, 4.69) is 0 Å². The zero-order valence-corrected chi connectivity index (χ0v) is 10.7. The van der Waals surface area contributed by atoms with Crippen LogP contribution in [0.5, 0.6) is 0 Å². The van der Waals surface area contributed by atoms with Crippen LogP contribution < -0.4 is 0 Å². The lowest BCUT2D eigenvalue weighted by Crippen LogP contribution is -2.42. The monoisotopic (exact) mass is 269 g/mol. The zero-order chi connectivity index (χ0) is 12.8. The Bertz CT molecular complexity index is 545. The molecule has 2 aliphatic rings. The van der Waals surface area contributed by atoms with Gasteiger partial charge in [-0.15, -0.1) is 0 Å². The molecule has 0 unspecified atom stereocenters. The van der Waals surface area contributed by atoms with Crippen LogP contribution in [0.4, 0.5) is 0 Å². The van der Waals surface area contributed by atoms with Crippen molar-refractivity contribution in [3.8, 4) is 0 Å². The minimum Gasteiger partial charge on any atom is -0.472 e. The number of furan rings is 1. The van der Waals surface area contributed by atoms with Gasteiger partial charge in [-0.3, -0.25) is 4.79 Å². The van der Waals surface area contributed by atoms with Crippen molar-refractivity contribution in [3.63, 3.8) is 0 Å². The number of rotatable bonds is 3. The lowest BCUT2D eigenvalue weighted by molar-refractivity contribution is 0.0680. The summed E-state index contributed by atoms with van der Waals surface area (Å²) in [5.74, 6) is 0.195. The van der Waals surface area contributed by atoms with Crippen LogP contribution in [-0.4, -0.2) is 42.8 Å². The molecule has 1 amide bonds. The Kier molecular flexibility index (Phi) is 2.69. The lowest BCUT2D eigenvalue weighted by Gasteiger charge is -2.27. The first-order valence-corrected chi connectivity index (χ1v) is 7.94. The average Bonchev–Trinajstić information content (AvgIpc) is 2.87. The van der Waals surface area contributed by atoms with E-state index in [0.717, 1.165) is 12.8 Å². The molecule has 0 radical (unpaired) electrons. The van der Waals surface area contributed by atoms with E-state index in [4.69, 9.17) is 4.42 Å². The number of nitrogens with zero attached hydrogens (tertiary/aromatic N) is 1. The molecule has 1 aliphatic carbocycles. The van der Waals surface area contributed by atoms with Gasteiger partial charge in [-0.05, 0) is 25.3 Å². The molecule has 1 saturated carbocycles. The highest BCUT2D eigenvalue weighted by molar-refractivity contribution is 7.91. The van der Waals surface area contributed by atoms with Gasteiger partial charge in [0.05, 0.1) is 23.3 Å². The molecule has 1 atom stereocenters. The summed E-state index contributed by atoms with van der Waals surface area (Å²) in [5.41, 5.74) is 0.506. The number of hydrogen-bond acceptors (Lipinski definition) is 4. The maximum Gasteiger partial charge on any atom is 0.257 e. The van der Waals surface area contributed by atoms with Crippen LogP contribution in [0.3, 0.4) is 0 Å². The second kappa shape index (κ2) is 4.12. The molecule has 0 N–H and O–H groups in total. The minimum atomic E-state index is -2.97. The molecule has 3 rings (SSSR count). The molecule has 98 valence electrons. The van der Waals surface area contributed by atoms with Crippen LogP contribution >= 0.6 is 0 Å². The van der Waals surface area contributed by atoms with E-state index in [9.17, 15) is 13.2 Å². The fourth-order valence-corrected chi connectivity index (χ4v) is 4.22. The SMILES string of the molecule is O=C(c1ccoc1)N(C1CC1)[C@H]1CCS(=O)(=O)C1. The molecular weight excluding hydrogens is 254 g/mol. The summed E-state index contributed by atoms with van der Waals surface area (Å²) < 4.78 is 28.0. The normalized spacial score (nSPS) is 26.1. The second-order valence-corrected chi connectivity index (χ2v) is 7.24. The maximum atomic E-state index is 12.4. The largest absolute Gasteiger partial charge is 0.472 e. The first kappa shape index (κ1) is 11.8. The van der Waals surface area contributed by atoms with Crippen molar-refractivity contribution in [1.82, 2.24) is 4.90 Å². The first-order valence-electron chi connectivity index (χ1n) is 6.12. The molecule has 1 aromatic rings. The summed E-state index contributed by atoms with van der Waals surface area (Å²) in [6.45, 7) is 0. The Balaban J connectivity index is 1.83. The van der Waals surface area contributed by atoms with Crippen molar-refractivity contribution in [2.45, 2.75) is 31.3 Å². The van der Waals surface area contributed by atoms with Crippen LogP contribution in [0, 0.1) is 0 Å². The molecule has 1 aromatic heterocycles. The highest BCUT2D eigenvalue weighted by Crippen LogP contribution is 2.33. The molecule has 2 heterocycles. The van der Waals surface area contributed by atoms with Crippen LogP contribution in [0.2, 0.25) is 0 Å². The summed E-state index contributed by atoms with van der Waals surface area (Å²) in [7, 11) is -2.97. The van der Waals surface area contributed by atoms with Gasteiger partial charge in [-0.1, -0.05) is 0 Å². The van der Waals surface area contributed by atoms with E-state index < -0.39 is 9.84 Å². The van der Waals surface area contributed by atoms with Gasteiger partial charge in [0.2, 0.25) is 0 Å². The molecule has 2 fully saturated rings. The molecule has 18 heavy (non-hydrogen) atoms. The standard InChI is InChI=1S/C12H15NO4S/c14-12(9-3-5-17-7-9)13(10-1-2-10)11-4-6-18(15,16)8-11/h3,5,7,10-11H,1-2,4,6,8H2/t11-/m0/s1. The van der Waals surface area contributed by atoms with E-state index in [1.165, 1.54) is 12.5 Å². The maximum absolute atomic E-state index is 12.4. The number of hydrogen-bond donors (Lipinski definition) is 0. The molecule has 0 bridgehead atoms. The van der Waals surface area contributed by atoms with E-state index in [0.29, 0.717) is 12.0 Å². The van der Waals surface area contributed by atoms with Gasteiger partial charge >= 0.3 is 0 Å². The molecule has 6 heteroatoms. The van der Waals surface area contributed by atoms with Crippen molar-refractivity contribution < 1.29 is 17.6 Å². The van der Waals surface area contributed by atoms with E-state index >= 15 is 0 Å². The first-order chi connectivity index (χ1) is 8.57. The summed E-state index contributed by atoms with van der Waals surface area (Å²) in [6, 6.07) is 1.68. The number of amides is 1. The van der Waals surface area contributed by atoms with Crippen molar-refractivity contribution in [1.29, 1.82) is 0 Å². The van der Waals surface area contributed by atoms with Crippen molar-refractivity contribution in [3.05, 3.63) is 24.2 Å². The Morgan fingerprint density at radius 1 is 1.28 bits per heavy atom. The van der Waals surface area contributed by atoms with Gasteiger partial charge in [0.1, 0.15) is 6.26 Å². The Morgan fingerprint density at radius 3 is 2.56 bits per heavy atom. The van der Waals surface area contributed by atoms with Crippen LogP contribution in [-0.2, 0) is 9.84 Å². The van der Waals surface area contributed by atoms with Gasteiger partial charge in [0, 0.05) is 12.1 Å². The van der Waals surface area contributed by atoms with Crippen molar-refractivity contribution in [2.24, 2.45) is 0 Å². The van der Waals surface area contributed by atoms with Crippen molar-refractivity contribution in [2.75, 3.05) is 11.5 Å². The van der Waals surface area contributed by atoms with E-state index in [-0.39, 0.29) is 29.5 Å². The van der Waals surface area contributed by atoms with Crippen molar-refractivity contribution >= 4 is 15.7 Å². The third-order valence-electron chi connectivity index (χ3n) is 3.54. The number of sulfone groups is 1. The van der Waals surface area contributed by atoms with E-state index in [1.54, 1.807) is 11.0 Å². The quantitative estimate of drug-likeness (QED) is 0.823. The van der Waals surface area contributed by atoms with E-state index in [1.807, 2.05) is 0 Å². The van der Waals surface area contributed by atoms with Gasteiger partial charge in [0.15, 0.2) is 9.84 Å². The lowest BCUT2D eigenvalue weighted by atomic mass is 10.2. The van der Waals surface area contributed by atoms with Gasteiger partial charge in [0.25, 0.3) is 5.91 Å². The van der Waals surface area contributed by atoms with Gasteiger partial charge in [-0.2, -0.15) is 0 Å². The number of carbonyl (C=O) groups is 1. The highest BCUT2D eigenvalue weighted by Gasteiger charge is 2.42. The summed E-state index contributed by atoms with van der Waals surface area (Å²) in [4.78, 5) is 14.1. The predicted molar refractivity (Wildman–Crippen MR) is 65.0 cm³/mol. The fourth-order valence-electron chi connectivity index (χ4n) is 2.51. The Labute approximate surface area is 106 Å². The number of carbonyl (C=O) groups excluding carboxylic acids is 1. The molecule has 0 spiro atoms. The second-order valence-electron chi connectivity index (χ2n) is 5.01. The summed E-state index contributed by atoms with van der Waals surface area (Å²) in [5, 5.41) is 0. The molecule has 5 nitrogen and oxygen atoms in total. The van der Waals surface area contributed by atoms with Crippen LogP contribution in [0.25, 0.3) is 0 Å². The zero-order valence-electron chi connectivity index (χ0n) is 9.91. The van der Waals surface area contributed by atoms with Gasteiger partial charge < -0.3 is 9.32 Å². The molecule has 0 aromatic carbocycles. The smallest absolute Gasteiger partial charge is 0.257 e. The highest BCUT2D eigenvalue weighted by atomic mass is 32.2. The third kappa shape index (κ3) is 2.16.